The number of imidazole rings is 1. The van der Waals surface area contributed by atoms with E-state index in [2.05, 4.69) is 16.4 Å². The highest BCUT2D eigenvalue weighted by atomic mass is 35.5. The number of para-hydroxylation sites is 1. The summed E-state index contributed by atoms with van der Waals surface area (Å²) < 4.78 is 1.87. The highest BCUT2D eigenvalue weighted by molar-refractivity contribution is 6.29. The molecule has 5 nitrogen and oxygen atoms in total. The Bertz CT molecular complexity index is 697. The summed E-state index contributed by atoms with van der Waals surface area (Å²) in [6, 6.07) is 8.27. The molecule has 1 aliphatic rings. The quantitative estimate of drug-likeness (QED) is 0.946. The Balaban J connectivity index is 1.79. The number of nitrogens with zero attached hydrogens (tertiary/aromatic N) is 3. The lowest BCUT2D eigenvalue weighted by molar-refractivity contribution is -0.116. The molecule has 0 saturated heterocycles. The van der Waals surface area contributed by atoms with Crippen LogP contribution >= 0.6 is 11.6 Å². The Hall–Kier alpha value is -1.85. The number of fused-ring (bicyclic) bond motifs is 1. The molecular formula is C16H19ClN4O. The van der Waals surface area contributed by atoms with Crippen LogP contribution in [0.2, 0.25) is 5.15 Å². The molecule has 2 heterocycles. The number of anilines is 1. The van der Waals surface area contributed by atoms with Gasteiger partial charge in [-0.05, 0) is 18.1 Å². The van der Waals surface area contributed by atoms with Crippen molar-refractivity contribution >= 4 is 23.2 Å². The van der Waals surface area contributed by atoms with Crippen LogP contribution in [0.4, 0.5) is 5.69 Å². The SMILES string of the molecule is CC(=O)N1CCC(NCc2ncc(Cl)n2C)c2ccccc21. The van der Waals surface area contributed by atoms with Crippen molar-refractivity contribution in [2.75, 3.05) is 11.4 Å². The van der Waals surface area contributed by atoms with Gasteiger partial charge < -0.3 is 14.8 Å². The summed E-state index contributed by atoms with van der Waals surface area (Å²) in [5.41, 5.74) is 2.15. The van der Waals surface area contributed by atoms with E-state index in [1.165, 1.54) is 0 Å². The molecule has 1 aromatic heterocycles. The first-order chi connectivity index (χ1) is 10.6. The molecule has 1 N–H and O–H groups in total. The minimum absolute atomic E-state index is 0.0850. The van der Waals surface area contributed by atoms with Crippen molar-refractivity contribution in [2.45, 2.75) is 25.9 Å². The number of carbonyl (C=O) groups excluding carboxylic acids is 1. The summed E-state index contributed by atoms with van der Waals surface area (Å²) in [5.74, 6) is 0.985. The van der Waals surface area contributed by atoms with E-state index in [4.69, 9.17) is 11.6 Å². The van der Waals surface area contributed by atoms with Gasteiger partial charge in [-0.15, -0.1) is 0 Å². The molecule has 2 aromatic rings. The molecular weight excluding hydrogens is 300 g/mol. The molecule has 1 aromatic carbocycles. The molecule has 116 valence electrons. The summed E-state index contributed by atoms with van der Waals surface area (Å²) in [6.45, 7) is 2.98. The normalized spacial score (nSPS) is 17.4. The summed E-state index contributed by atoms with van der Waals surface area (Å²) in [4.78, 5) is 17.9. The third kappa shape index (κ3) is 2.74. The average molecular weight is 319 g/mol. The number of rotatable bonds is 3. The van der Waals surface area contributed by atoms with Crippen molar-refractivity contribution in [3.63, 3.8) is 0 Å². The summed E-state index contributed by atoms with van der Waals surface area (Å²) in [5, 5.41) is 4.16. The third-order valence-electron chi connectivity index (χ3n) is 4.16. The Labute approximate surface area is 134 Å². The zero-order chi connectivity index (χ0) is 15.7. The van der Waals surface area contributed by atoms with Crippen LogP contribution in [0, 0.1) is 0 Å². The predicted molar refractivity (Wildman–Crippen MR) is 86.9 cm³/mol. The van der Waals surface area contributed by atoms with E-state index < -0.39 is 0 Å². The maximum absolute atomic E-state index is 11.8. The van der Waals surface area contributed by atoms with Crippen molar-refractivity contribution in [1.29, 1.82) is 0 Å². The van der Waals surface area contributed by atoms with Crippen LogP contribution < -0.4 is 10.2 Å². The molecule has 0 fully saturated rings. The smallest absolute Gasteiger partial charge is 0.223 e. The molecule has 0 saturated carbocycles. The van der Waals surface area contributed by atoms with E-state index in [0.717, 1.165) is 30.0 Å². The van der Waals surface area contributed by atoms with Gasteiger partial charge in [-0.2, -0.15) is 0 Å². The maximum atomic E-state index is 11.8. The number of hydrogen-bond acceptors (Lipinski definition) is 3. The van der Waals surface area contributed by atoms with Crippen LogP contribution in [0.3, 0.4) is 0 Å². The van der Waals surface area contributed by atoms with Crippen LogP contribution in [-0.4, -0.2) is 22.0 Å². The zero-order valence-electron chi connectivity index (χ0n) is 12.7. The molecule has 1 unspecified atom stereocenters. The van der Waals surface area contributed by atoms with Gasteiger partial charge in [-0.1, -0.05) is 29.8 Å². The van der Waals surface area contributed by atoms with Gasteiger partial charge in [0.25, 0.3) is 0 Å². The Morgan fingerprint density at radius 1 is 1.45 bits per heavy atom. The first kappa shape index (κ1) is 15.1. The van der Waals surface area contributed by atoms with Gasteiger partial charge >= 0.3 is 0 Å². The Kier molecular flexibility index (Phi) is 4.18. The first-order valence-corrected chi connectivity index (χ1v) is 7.72. The second-order valence-corrected chi connectivity index (χ2v) is 5.90. The van der Waals surface area contributed by atoms with Crippen LogP contribution in [-0.2, 0) is 18.4 Å². The van der Waals surface area contributed by atoms with E-state index in [1.54, 1.807) is 13.1 Å². The van der Waals surface area contributed by atoms with Crippen molar-refractivity contribution in [1.82, 2.24) is 14.9 Å². The van der Waals surface area contributed by atoms with E-state index in [0.29, 0.717) is 11.7 Å². The fourth-order valence-electron chi connectivity index (χ4n) is 2.90. The van der Waals surface area contributed by atoms with Gasteiger partial charge in [0, 0.05) is 32.2 Å². The summed E-state index contributed by atoms with van der Waals surface area (Å²) >= 11 is 6.01. The Morgan fingerprint density at radius 3 is 2.91 bits per heavy atom. The maximum Gasteiger partial charge on any atom is 0.223 e. The van der Waals surface area contributed by atoms with Gasteiger partial charge in [0.15, 0.2) is 0 Å². The number of nitrogens with one attached hydrogen (secondary N) is 1. The summed E-state index contributed by atoms with van der Waals surface area (Å²) in [7, 11) is 1.90. The average Bonchev–Trinajstić information content (AvgIpc) is 2.84. The van der Waals surface area contributed by atoms with Crippen molar-refractivity contribution in [2.24, 2.45) is 7.05 Å². The zero-order valence-corrected chi connectivity index (χ0v) is 13.5. The number of hydrogen-bond donors (Lipinski definition) is 1. The molecule has 1 amide bonds. The molecule has 1 aliphatic heterocycles. The minimum atomic E-state index is 0.0850. The number of carbonyl (C=O) groups is 1. The van der Waals surface area contributed by atoms with E-state index in [1.807, 2.05) is 34.7 Å². The van der Waals surface area contributed by atoms with Gasteiger partial charge in [-0.25, -0.2) is 4.98 Å². The van der Waals surface area contributed by atoms with Gasteiger partial charge in [0.1, 0.15) is 11.0 Å². The molecule has 22 heavy (non-hydrogen) atoms. The lowest BCUT2D eigenvalue weighted by Gasteiger charge is -2.34. The Morgan fingerprint density at radius 2 is 2.23 bits per heavy atom. The highest BCUT2D eigenvalue weighted by Crippen LogP contribution is 2.33. The van der Waals surface area contributed by atoms with Gasteiger partial charge in [-0.3, -0.25) is 4.79 Å². The predicted octanol–water partition coefficient (Wildman–Crippen LogP) is 2.66. The molecule has 0 bridgehead atoms. The molecule has 3 rings (SSSR count). The molecule has 0 aliphatic carbocycles. The standard InChI is InChI=1S/C16H19ClN4O/c1-11(22)21-8-7-13(12-5-3-4-6-14(12)21)18-10-16-19-9-15(17)20(16)2/h3-6,9,13,18H,7-8,10H2,1-2H3. The first-order valence-electron chi connectivity index (χ1n) is 7.34. The largest absolute Gasteiger partial charge is 0.321 e. The van der Waals surface area contributed by atoms with E-state index >= 15 is 0 Å². The van der Waals surface area contributed by atoms with Crippen LogP contribution in [0.1, 0.15) is 30.8 Å². The fraction of sp³-hybridized carbons (Fsp3) is 0.375. The fourth-order valence-corrected chi connectivity index (χ4v) is 3.05. The molecule has 1 atom stereocenters. The number of halogens is 1. The lowest BCUT2D eigenvalue weighted by Crippen LogP contribution is -2.38. The number of amides is 1. The summed E-state index contributed by atoms with van der Waals surface area (Å²) in [6.07, 6.45) is 2.54. The second kappa shape index (κ2) is 6.10. The second-order valence-electron chi connectivity index (χ2n) is 5.51. The third-order valence-corrected chi connectivity index (χ3v) is 4.51. The van der Waals surface area contributed by atoms with E-state index in [9.17, 15) is 4.79 Å². The monoisotopic (exact) mass is 318 g/mol. The van der Waals surface area contributed by atoms with Crippen molar-refractivity contribution in [3.05, 3.63) is 47.0 Å². The van der Waals surface area contributed by atoms with Crippen molar-refractivity contribution < 1.29 is 4.79 Å². The van der Waals surface area contributed by atoms with Gasteiger partial charge in [0.05, 0.1) is 12.7 Å². The minimum Gasteiger partial charge on any atom is -0.321 e. The van der Waals surface area contributed by atoms with Crippen LogP contribution in [0.15, 0.2) is 30.5 Å². The number of benzene rings is 1. The van der Waals surface area contributed by atoms with Crippen LogP contribution in [0.5, 0.6) is 0 Å². The molecule has 0 radical (unpaired) electrons. The van der Waals surface area contributed by atoms with Crippen molar-refractivity contribution in [3.8, 4) is 0 Å². The highest BCUT2D eigenvalue weighted by Gasteiger charge is 2.26. The molecule has 0 spiro atoms. The molecule has 6 heteroatoms. The van der Waals surface area contributed by atoms with Crippen LogP contribution in [0.25, 0.3) is 0 Å². The number of aromatic nitrogens is 2. The lowest BCUT2D eigenvalue weighted by atomic mass is 9.96. The topological polar surface area (TPSA) is 50.2 Å². The van der Waals surface area contributed by atoms with E-state index in [-0.39, 0.29) is 11.9 Å². The van der Waals surface area contributed by atoms with Gasteiger partial charge in [0.2, 0.25) is 5.91 Å².